The van der Waals surface area contributed by atoms with E-state index in [1.807, 2.05) is 33.8 Å². The van der Waals surface area contributed by atoms with Crippen LogP contribution in [0.4, 0.5) is 0 Å². The van der Waals surface area contributed by atoms with E-state index in [4.69, 9.17) is 4.74 Å². The first kappa shape index (κ1) is 17.3. The summed E-state index contributed by atoms with van der Waals surface area (Å²) in [6.45, 7) is 6.48. The molecule has 1 aliphatic heterocycles. The first-order valence-electron chi connectivity index (χ1n) is 9.60. The Balaban J connectivity index is 1.32. The van der Waals surface area contributed by atoms with E-state index in [-0.39, 0.29) is 11.9 Å². The maximum Gasteiger partial charge on any atom is 0.272 e. The molecule has 0 N–H and O–H groups in total. The van der Waals surface area contributed by atoms with Crippen LogP contribution in [0.25, 0.3) is 0 Å². The topological polar surface area (TPSA) is 47.4 Å². The van der Waals surface area contributed by atoms with Gasteiger partial charge in [0.05, 0.1) is 12.7 Å². The van der Waals surface area contributed by atoms with Gasteiger partial charge in [0.15, 0.2) is 0 Å². The van der Waals surface area contributed by atoms with Crippen molar-refractivity contribution in [3.63, 3.8) is 0 Å². The molecule has 2 fully saturated rings. The molecule has 0 bridgehead atoms. The van der Waals surface area contributed by atoms with Crippen molar-refractivity contribution in [1.29, 1.82) is 0 Å². The zero-order valence-electron chi connectivity index (χ0n) is 15.5. The Bertz CT molecular complexity index is 742. The van der Waals surface area contributed by atoms with Crippen molar-refractivity contribution in [3.05, 3.63) is 53.9 Å². The summed E-state index contributed by atoms with van der Waals surface area (Å²) < 4.78 is 7.95. The molecule has 1 aromatic heterocycles. The third-order valence-corrected chi connectivity index (χ3v) is 5.70. The van der Waals surface area contributed by atoms with E-state index in [9.17, 15) is 4.79 Å². The van der Waals surface area contributed by atoms with Crippen LogP contribution in [0.2, 0.25) is 0 Å². The number of likely N-dealkylation sites (tertiary alicyclic amines) is 1. The molecule has 2 heterocycles. The number of fused-ring (bicyclic) bond motifs is 1. The number of carbonyl (C=O) groups excluding carboxylic acids is 1. The van der Waals surface area contributed by atoms with E-state index < -0.39 is 0 Å². The average Bonchev–Trinajstić information content (AvgIpc) is 3.34. The summed E-state index contributed by atoms with van der Waals surface area (Å²) in [6.07, 6.45) is 4.16. The number of hydrogen-bond donors (Lipinski definition) is 0. The molecule has 1 unspecified atom stereocenters. The van der Waals surface area contributed by atoms with Gasteiger partial charge in [-0.25, -0.2) is 0 Å². The lowest BCUT2D eigenvalue weighted by Crippen LogP contribution is -2.32. The van der Waals surface area contributed by atoms with Crippen molar-refractivity contribution in [2.75, 3.05) is 13.1 Å². The number of aromatic nitrogens is 2. The van der Waals surface area contributed by atoms with E-state index >= 15 is 0 Å². The van der Waals surface area contributed by atoms with Crippen LogP contribution in [0.3, 0.4) is 0 Å². The summed E-state index contributed by atoms with van der Waals surface area (Å²) in [6, 6.07) is 12.4. The zero-order chi connectivity index (χ0) is 18.1. The number of carbonyl (C=O) groups is 1. The second-order valence-electron chi connectivity index (χ2n) is 7.88. The molecule has 2 aliphatic rings. The first-order chi connectivity index (χ1) is 12.6. The minimum Gasteiger partial charge on any atom is -0.374 e. The second kappa shape index (κ2) is 7.23. The Kier molecular flexibility index (Phi) is 4.81. The van der Waals surface area contributed by atoms with Crippen LogP contribution >= 0.6 is 0 Å². The first-order valence-corrected chi connectivity index (χ1v) is 9.60. The second-order valence-corrected chi connectivity index (χ2v) is 7.88. The molecule has 1 saturated heterocycles. The quantitative estimate of drug-likeness (QED) is 0.826. The Morgan fingerprint density at radius 3 is 2.50 bits per heavy atom. The largest absolute Gasteiger partial charge is 0.374 e. The van der Waals surface area contributed by atoms with Gasteiger partial charge in [-0.05, 0) is 50.2 Å². The molecule has 1 amide bonds. The fraction of sp³-hybridized carbons (Fsp3) is 0.524. The minimum absolute atomic E-state index is 0.118. The molecule has 0 radical (unpaired) electrons. The number of nitrogens with zero attached hydrogens (tertiary/aromatic N) is 3. The van der Waals surface area contributed by atoms with Gasteiger partial charge in [0.1, 0.15) is 5.69 Å². The van der Waals surface area contributed by atoms with Crippen LogP contribution in [0.5, 0.6) is 0 Å². The molecule has 1 saturated carbocycles. The summed E-state index contributed by atoms with van der Waals surface area (Å²) in [5.41, 5.74) is 1.93. The summed E-state index contributed by atoms with van der Waals surface area (Å²) in [5.74, 6) is 1.25. The highest BCUT2D eigenvalue weighted by atomic mass is 16.5. The van der Waals surface area contributed by atoms with Gasteiger partial charge >= 0.3 is 0 Å². The molecule has 4 rings (SSSR count). The van der Waals surface area contributed by atoms with E-state index in [1.54, 1.807) is 6.20 Å². The average molecular weight is 353 g/mol. The van der Waals surface area contributed by atoms with Gasteiger partial charge in [-0.3, -0.25) is 9.48 Å². The minimum atomic E-state index is 0.118. The normalized spacial score (nSPS) is 25.0. The molecule has 5 nitrogen and oxygen atoms in total. The van der Waals surface area contributed by atoms with Crippen LogP contribution in [-0.4, -0.2) is 39.8 Å². The lowest BCUT2D eigenvalue weighted by atomic mass is 10.0. The zero-order valence-corrected chi connectivity index (χ0v) is 15.5. The van der Waals surface area contributed by atoms with E-state index in [1.165, 1.54) is 5.56 Å². The fourth-order valence-electron chi connectivity index (χ4n) is 4.39. The number of rotatable bonds is 5. The SMILES string of the molecule is CC(C)n1nccc1C(=O)N1C[C@H]2CC(OCc3ccccc3)C[C@H]2C1. The van der Waals surface area contributed by atoms with Gasteiger partial charge in [0.25, 0.3) is 5.91 Å². The van der Waals surface area contributed by atoms with Crippen LogP contribution < -0.4 is 0 Å². The Morgan fingerprint density at radius 2 is 1.85 bits per heavy atom. The van der Waals surface area contributed by atoms with Crippen LogP contribution in [0, 0.1) is 11.8 Å². The van der Waals surface area contributed by atoms with Gasteiger partial charge < -0.3 is 9.64 Å². The molecule has 3 atom stereocenters. The predicted molar refractivity (Wildman–Crippen MR) is 99.7 cm³/mol. The van der Waals surface area contributed by atoms with Crippen molar-refractivity contribution < 1.29 is 9.53 Å². The summed E-state index contributed by atoms with van der Waals surface area (Å²) in [7, 11) is 0. The fourth-order valence-corrected chi connectivity index (χ4v) is 4.39. The molecule has 26 heavy (non-hydrogen) atoms. The Hall–Kier alpha value is -2.14. The molecule has 138 valence electrons. The smallest absolute Gasteiger partial charge is 0.272 e. The van der Waals surface area contributed by atoms with Crippen molar-refractivity contribution in [2.45, 2.75) is 45.4 Å². The maximum absolute atomic E-state index is 12.9. The van der Waals surface area contributed by atoms with Gasteiger partial charge in [-0.15, -0.1) is 0 Å². The van der Waals surface area contributed by atoms with Crippen molar-refractivity contribution >= 4 is 5.91 Å². The monoisotopic (exact) mass is 353 g/mol. The van der Waals surface area contributed by atoms with Crippen LogP contribution in [0.1, 0.15) is 48.8 Å². The molecular formula is C21H27N3O2. The number of hydrogen-bond acceptors (Lipinski definition) is 3. The number of amides is 1. The van der Waals surface area contributed by atoms with Crippen LogP contribution in [0.15, 0.2) is 42.6 Å². The Labute approximate surface area is 154 Å². The van der Waals surface area contributed by atoms with E-state index in [0.29, 0.717) is 30.2 Å². The number of ether oxygens (including phenoxy) is 1. The maximum atomic E-state index is 12.9. The van der Waals surface area contributed by atoms with E-state index in [2.05, 4.69) is 31.1 Å². The number of benzene rings is 1. The molecule has 0 spiro atoms. The third kappa shape index (κ3) is 3.40. The van der Waals surface area contributed by atoms with Crippen molar-refractivity contribution in [1.82, 2.24) is 14.7 Å². The molecule has 2 aromatic rings. The van der Waals surface area contributed by atoms with Gasteiger partial charge in [-0.2, -0.15) is 5.10 Å². The summed E-state index contributed by atoms with van der Waals surface area (Å²) >= 11 is 0. The highest BCUT2D eigenvalue weighted by Gasteiger charge is 2.43. The molecular weight excluding hydrogens is 326 g/mol. The highest BCUT2D eigenvalue weighted by Crippen LogP contribution is 2.40. The summed E-state index contributed by atoms with van der Waals surface area (Å²) in [4.78, 5) is 14.9. The Morgan fingerprint density at radius 1 is 1.15 bits per heavy atom. The summed E-state index contributed by atoms with van der Waals surface area (Å²) in [5, 5.41) is 4.29. The standard InChI is InChI=1S/C21H27N3O2/c1-15(2)24-20(8-9-22-24)21(25)23-12-17-10-19(11-18(17)13-23)26-14-16-6-4-3-5-7-16/h3-9,15,17-19H,10-14H2,1-2H3/t17-,18+,19?. The molecule has 5 heteroatoms. The van der Waals surface area contributed by atoms with Crippen molar-refractivity contribution in [3.8, 4) is 0 Å². The lowest BCUT2D eigenvalue weighted by molar-refractivity contribution is 0.0366. The van der Waals surface area contributed by atoms with Gasteiger partial charge in [0.2, 0.25) is 0 Å². The van der Waals surface area contributed by atoms with Gasteiger partial charge in [-0.1, -0.05) is 30.3 Å². The third-order valence-electron chi connectivity index (χ3n) is 5.70. The van der Waals surface area contributed by atoms with Gasteiger partial charge in [0, 0.05) is 25.3 Å². The molecule has 1 aliphatic carbocycles. The van der Waals surface area contributed by atoms with E-state index in [0.717, 1.165) is 25.9 Å². The highest BCUT2D eigenvalue weighted by molar-refractivity contribution is 5.92. The van der Waals surface area contributed by atoms with Crippen molar-refractivity contribution in [2.24, 2.45) is 11.8 Å². The van der Waals surface area contributed by atoms with Crippen LogP contribution in [-0.2, 0) is 11.3 Å². The lowest BCUT2D eigenvalue weighted by Gasteiger charge is -2.21. The predicted octanol–water partition coefficient (Wildman–Crippen LogP) is 3.53. The molecule has 1 aromatic carbocycles.